The van der Waals surface area contributed by atoms with Crippen molar-refractivity contribution in [1.82, 2.24) is 4.98 Å². The van der Waals surface area contributed by atoms with Gasteiger partial charge in [0.25, 0.3) is 0 Å². The van der Waals surface area contributed by atoms with Gasteiger partial charge in [0.15, 0.2) is 0 Å². The number of fused-ring (bicyclic) bond motifs is 2. The SMILES string of the molecule is COc1cc(OC)c2nc3ccccc3c(Cl)c2c1. The molecule has 0 saturated heterocycles. The van der Waals surface area contributed by atoms with Gasteiger partial charge in [0.2, 0.25) is 0 Å². The molecule has 0 radical (unpaired) electrons. The summed E-state index contributed by atoms with van der Waals surface area (Å²) in [6, 6.07) is 11.5. The Balaban J connectivity index is 2.50. The smallest absolute Gasteiger partial charge is 0.148 e. The Hall–Kier alpha value is -2.00. The minimum atomic E-state index is 0.655. The summed E-state index contributed by atoms with van der Waals surface area (Å²) in [5.41, 5.74) is 1.59. The van der Waals surface area contributed by atoms with Gasteiger partial charge in [-0.15, -0.1) is 0 Å². The normalized spacial score (nSPS) is 10.9. The first kappa shape index (κ1) is 12.1. The molecule has 1 heterocycles. The first-order chi connectivity index (χ1) is 9.24. The number of benzene rings is 2. The summed E-state index contributed by atoms with van der Waals surface area (Å²) >= 11 is 6.48. The summed E-state index contributed by atoms with van der Waals surface area (Å²) in [7, 11) is 3.22. The van der Waals surface area contributed by atoms with Crippen molar-refractivity contribution in [2.45, 2.75) is 0 Å². The van der Waals surface area contributed by atoms with E-state index in [0.717, 1.165) is 21.8 Å². The summed E-state index contributed by atoms with van der Waals surface area (Å²) in [4.78, 5) is 4.62. The first-order valence-corrected chi connectivity index (χ1v) is 6.22. The molecule has 0 saturated carbocycles. The minimum Gasteiger partial charge on any atom is -0.497 e. The Labute approximate surface area is 115 Å². The summed E-state index contributed by atoms with van der Waals surface area (Å²) in [5.74, 6) is 1.35. The van der Waals surface area contributed by atoms with Gasteiger partial charge >= 0.3 is 0 Å². The number of nitrogens with zero attached hydrogens (tertiary/aromatic N) is 1. The van der Waals surface area contributed by atoms with Crippen LogP contribution in [0.3, 0.4) is 0 Å². The van der Waals surface area contributed by atoms with Gasteiger partial charge in [-0.2, -0.15) is 0 Å². The van der Waals surface area contributed by atoms with Crippen LogP contribution in [0.1, 0.15) is 0 Å². The van der Waals surface area contributed by atoms with E-state index in [4.69, 9.17) is 21.1 Å². The quantitative estimate of drug-likeness (QED) is 0.660. The zero-order valence-corrected chi connectivity index (χ0v) is 11.4. The Morgan fingerprint density at radius 1 is 1.00 bits per heavy atom. The van der Waals surface area contributed by atoms with Crippen molar-refractivity contribution in [1.29, 1.82) is 0 Å². The predicted octanol–water partition coefficient (Wildman–Crippen LogP) is 4.06. The molecular formula is C15H12ClNO2. The summed E-state index contributed by atoms with van der Waals surface area (Å²) < 4.78 is 10.6. The Bertz CT molecular complexity index is 771. The second-order valence-electron chi connectivity index (χ2n) is 4.17. The number of rotatable bonds is 2. The number of hydrogen-bond donors (Lipinski definition) is 0. The van der Waals surface area contributed by atoms with E-state index in [1.165, 1.54) is 0 Å². The zero-order valence-electron chi connectivity index (χ0n) is 10.6. The molecule has 2 aromatic carbocycles. The highest BCUT2D eigenvalue weighted by Crippen LogP contribution is 2.37. The van der Waals surface area contributed by atoms with Crippen LogP contribution in [0, 0.1) is 0 Å². The molecule has 0 spiro atoms. The summed E-state index contributed by atoms with van der Waals surface area (Å²) in [6.07, 6.45) is 0. The van der Waals surface area contributed by atoms with E-state index in [-0.39, 0.29) is 0 Å². The van der Waals surface area contributed by atoms with Crippen LogP contribution in [0.25, 0.3) is 21.8 Å². The average molecular weight is 274 g/mol. The Morgan fingerprint density at radius 3 is 2.53 bits per heavy atom. The zero-order chi connectivity index (χ0) is 13.4. The lowest BCUT2D eigenvalue weighted by Gasteiger charge is -2.11. The van der Waals surface area contributed by atoms with Crippen molar-refractivity contribution in [2.24, 2.45) is 0 Å². The third-order valence-electron chi connectivity index (χ3n) is 3.11. The van der Waals surface area contributed by atoms with Crippen LogP contribution in [0.15, 0.2) is 36.4 Å². The van der Waals surface area contributed by atoms with Gasteiger partial charge in [0.05, 0.1) is 24.8 Å². The highest BCUT2D eigenvalue weighted by Gasteiger charge is 2.12. The van der Waals surface area contributed by atoms with E-state index in [0.29, 0.717) is 16.5 Å². The molecule has 0 N–H and O–H groups in total. The summed E-state index contributed by atoms with van der Waals surface area (Å²) in [5, 5.41) is 2.42. The van der Waals surface area contributed by atoms with Crippen molar-refractivity contribution >= 4 is 33.4 Å². The molecule has 3 aromatic rings. The molecule has 1 aromatic heterocycles. The van der Waals surface area contributed by atoms with E-state index in [9.17, 15) is 0 Å². The molecule has 0 atom stereocenters. The molecule has 0 fully saturated rings. The summed E-state index contributed by atoms with van der Waals surface area (Å²) in [6.45, 7) is 0. The fraction of sp³-hybridized carbons (Fsp3) is 0.133. The molecule has 3 rings (SSSR count). The number of para-hydroxylation sites is 1. The second-order valence-corrected chi connectivity index (χ2v) is 4.55. The van der Waals surface area contributed by atoms with Crippen LogP contribution in [0.4, 0.5) is 0 Å². The number of aromatic nitrogens is 1. The second kappa shape index (κ2) is 4.59. The highest BCUT2D eigenvalue weighted by molar-refractivity contribution is 6.40. The fourth-order valence-electron chi connectivity index (χ4n) is 2.16. The highest BCUT2D eigenvalue weighted by atomic mass is 35.5. The van der Waals surface area contributed by atoms with Crippen molar-refractivity contribution in [2.75, 3.05) is 14.2 Å². The maximum atomic E-state index is 6.48. The van der Waals surface area contributed by atoms with Gasteiger partial charge in [0.1, 0.15) is 17.0 Å². The van der Waals surface area contributed by atoms with Gasteiger partial charge in [-0.1, -0.05) is 29.8 Å². The molecule has 4 heteroatoms. The Kier molecular flexibility index (Phi) is 2.91. The van der Waals surface area contributed by atoms with E-state index in [1.54, 1.807) is 20.3 Å². The molecule has 0 bridgehead atoms. The lowest BCUT2D eigenvalue weighted by molar-refractivity contribution is 0.397. The Morgan fingerprint density at radius 2 is 1.79 bits per heavy atom. The largest absolute Gasteiger partial charge is 0.497 e. The van der Waals surface area contributed by atoms with Crippen LogP contribution in [-0.2, 0) is 0 Å². The van der Waals surface area contributed by atoms with E-state index in [2.05, 4.69) is 4.98 Å². The number of hydrogen-bond acceptors (Lipinski definition) is 3. The first-order valence-electron chi connectivity index (χ1n) is 5.84. The number of halogens is 1. The third-order valence-corrected chi connectivity index (χ3v) is 3.52. The average Bonchev–Trinajstić information content (AvgIpc) is 2.47. The van der Waals surface area contributed by atoms with Crippen molar-refractivity contribution in [3.63, 3.8) is 0 Å². The van der Waals surface area contributed by atoms with Gasteiger partial charge in [-0.25, -0.2) is 4.98 Å². The van der Waals surface area contributed by atoms with E-state index >= 15 is 0 Å². The molecule has 0 aliphatic heterocycles. The molecule has 3 nitrogen and oxygen atoms in total. The van der Waals surface area contributed by atoms with Gasteiger partial charge < -0.3 is 9.47 Å². The molecule has 96 valence electrons. The molecule has 0 amide bonds. The molecular weight excluding hydrogens is 262 g/mol. The molecule has 0 aliphatic rings. The van der Waals surface area contributed by atoms with Crippen molar-refractivity contribution < 1.29 is 9.47 Å². The van der Waals surface area contributed by atoms with Crippen LogP contribution >= 0.6 is 11.6 Å². The monoisotopic (exact) mass is 273 g/mol. The van der Waals surface area contributed by atoms with E-state index in [1.807, 2.05) is 30.3 Å². The minimum absolute atomic E-state index is 0.655. The number of ether oxygens (including phenoxy) is 2. The molecule has 0 unspecified atom stereocenters. The number of pyridine rings is 1. The number of methoxy groups -OCH3 is 2. The lowest BCUT2D eigenvalue weighted by Crippen LogP contribution is -1.92. The fourth-order valence-corrected chi connectivity index (χ4v) is 2.46. The van der Waals surface area contributed by atoms with Crippen LogP contribution in [-0.4, -0.2) is 19.2 Å². The predicted molar refractivity (Wildman–Crippen MR) is 77.4 cm³/mol. The van der Waals surface area contributed by atoms with Crippen molar-refractivity contribution in [3.8, 4) is 11.5 Å². The van der Waals surface area contributed by atoms with Gasteiger partial charge in [-0.3, -0.25) is 0 Å². The third kappa shape index (κ3) is 1.87. The van der Waals surface area contributed by atoms with Crippen LogP contribution in [0.5, 0.6) is 11.5 Å². The maximum Gasteiger partial charge on any atom is 0.148 e. The van der Waals surface area contributed by atoms with E-state index < -0.39 is 0 Å². The van der Waals surface area contributed by atoms with Gasteiger partial charge in [-0.05, 0) is 12.1 Å². The lowest BCUT2D eigenvalue weighted by atomic mass is 10.1. The van der Waals surface area contributed by atoms with Gasteiger partial charge in [0, 0.05) is 16.8 Å². The molecule has 19 heavy (non-hydrogen) atoms. The maximum absolute atomic E-state index is 6.48. The van der Waals surface area contributed by atoms with Crippen LogP contribution in [0.2, 0.25) is 5.02 Å². The van der Waals surface area contributed by atoms with Crippen LogP contribution < -0.4 is 9.47 Å². The standard InChI is InChI=1S/C15H12ClNO2/c1-18-9-7-11-14(16)10-5-3-4-6-12(10)17-15(11)13(8-9)19-2/h3-8H,1-2H3. The van der Waals surface area contributed by atoms with Crippen molar-refractivity contribution in [3.05, 3.63) is 41.4 Å². The topological polar surface area (TPSA) is 31.4 Å². The molecule has 0 aliphatic carbocycles.